The zero-order chi connectivity index (χ0) is 12.5. The summed E-state index contributed by atoms with van der Waals surface area (Å²) < 4.78 is 0. The molecule has 2 N–H and O–H groups in total. The lowest BCUT2D eigenvalue weighted by Gasteiger charge is -2.23. The van der Waals surface area contributed by atoms with Gasteiger partial charge in [-0.25, -0.2) is 0 Å². The summed E-state index contributed by atoms with van der Waals surface area (Å²) in [4.78, 5) is 0. The average Bonchev–Trinajstić information content (AvgIpc) is 2.64. The van der Waals surface area contributed by atoms with Crippen molar-refractivity contribution >= 4 is 34.6 Å². The van der Waals surface area contributed by atoms with Crippen LogP contribution in [-0.4, -0.2) is 12.6 Å². The van der Waals surface area contributed by atoms with E-state index in [1.165, 1.54) is 32.1 Å². The fraction of sp³-hybridized carbons (Fsp3) is 0.571. The highest BCUT2D eigenvalue weighted by molar-refractivity contribution is 6.42. The first-order valence-electron chi connectivity index (χ1n) is 6.73. The first-order valence-corrected chi connectivity index (χ1v) is 7.49. The van der Waals surface area contributed by atoms with E-state index in [4.69, 9.17) is 23.2 Å². The van der Waals surface area contributed by atoms with Crippen LogP contribution in [0.2, 0.25) is 10.0 Å². The molecule has 4 heteroatoms. The highest BCUT2D eigenvalue weighted by atomic mass is 35.5. The highest BCUT2D eigenvalue weighted by Gasteiger charge is 2.27. The summed E-state index contributed by atoms with van der Waals surface area (Å²) in [5.41, 5.74) is 2.18. The average molecular weight is 285 g/mol. The molecular formula is C14H18Cl2N2. The van der Waals surface area contributed by atoms with Crippen LogP contribution < -0.4 is 10.6 Å². The molecule has 1 aliphatic heterocycles. The molecule has 0 saturated heterocycles. The quantitative estimate of drug-likeness (QED) is 0.716. The van der Waals surface area contributed by atoms with Crippen LogP contribution in [0, 0.1) is 5.92 Å². The smallest absolute Gasteiger partial charge is 0.0614 e. The number of benzene rings is 1. The standard InChI is InChI=1S/C14H18Cl2N2/c15-10-6-13-14(7-11(10)16)18-12-5-3-1-2-4-9(12)8-17-13/h6-7,9,12,17-18H,1-5,8H2. The molecule has 98 valence electrons. The Morgan fingerprint density at radius 3 is 2.50 bits per heavy atom. The lowest BCUT2D eigenvalue weighted by Crippen LogP contribution is -2.30. The van der Waals surface area contributed by atoms with Crippen molar-refractivity contribution in [2.24, 2.45) is 5.92 Å². The van der Waals surface area contributed by atoms with E-state index in [-0.39, 0.29) is 0 Å². The largest absolute Gasteiger partial charge is 0.383 e. The van der Waals surface area contributed by atoms with Crippen molar-refractivity contribution < 1.29 is 0 Å². The van der Waals surface area contributed by atoms with Crippen LogP contribution in [0.15, 0.2) is 12.1 Å². The third kappa shape index (κ3) is 2.41. The number of hydrogen-bond donors (Lipinski definition) is 2. The van der Waals surface area contributed by atoms with Gasteiger partial charge in [-0.3, -0.25) is 0 Å². The monoisotopic (exact) mass is 284 g/mol. The van der Waals surface area contributed by atoms with E-state index >= 15 is 0 Å². The molecule has 0 spiro atoms. The van der Waals surface area contributed by atoms with Gasteiger partial charge in [0, 0.05) is 12.6 Å². The number of rotatable bonds is 0. The van der Waals surface area contributed by atoms with Gasteiger partial charge in [-0.2, -0.15) is 0 Å². The summed E-state index contributed by atoms with van der Waals surface area (Å²) in [7, 11) is 0. The number of hydrogen-bond acceptors (Lipinski definition) is 2. The van der Waals surface area contributed by atoms with Gasteiger partial charge in [0.05, 0.1) is 21.4 Å². The van der Waals surface area contributed by atoms with Gasteiger partial charge in [-0.05, 0) is 30.9 Å². The molecule has 3 rings (SSSR count). The second kappa shape index (κ2) is 5.18. The first-order chi connectivity index (χ1) is 8.74. The molecule has 2 unspecified atom stereocenters. The van der Waals surface area contributed by atoms with E-state index in [1.54, 1.807) is 0 Å². The molecule has 1 aromatic rings. The summed E-state index contributed by atoms with van der Waals surface area (Å²) in [5, 5.41) is 8.42. The third-order valence-electron chi connectivity index (χ3n) is 4.12. The molecule has 1 saturated carbocycles. The fourth-order valence-corrected chi connectivity index (χ4v) is 3.40. The molecule has 0 radical (unpaired) electrons. The zero-order valence-electron chi connectivity index (χ0n) is 10.3. The van der Waals surface area contributed by atoms with Crippen molar-refractivity contribution in [3.8, 4) is 0 Å². The minimum atomic E-state index is 0.568. The Balaban J connectivity index is 1.90. The Hall–Kier alpha value is -0.600. The summed E-state index contributed by atoms with van der Waals surface area (Å²) in [6, 6.07) is 4.44. The van der Waals surface area contributed by atoms with Gasteiger partial charge in [0.25, 0.3) is 0 Å². The number of fused-ring (bicyclic) bond motifs is 2. The number of halogens is 2. The molecule has 1 fully saturated rings. The number of nitrogens with one attached hydrogen (secondary N) is 2. The van der Waals surface area contributed by atoms with Gasteiger partial charge in [0.2, 0.25) is 0 Å². The molecule has 1 heterocycles. The van der Waals surface area contributed by atoms with Crippen LogP contribution in [0.4, 0.5) is 11.4 Å². The van der Waals surface area contributed by atoms with Crippen molar-refractivity contribution in [1.29, 1.82) is 0 Å². The molecule has 0 bridgehead atoms. The second-order valence-corrected chi connectivity index (χ2v) is 6.16. The van der Waals surface area contributed by atoms with Crippen LogP contribution in [0.1, 0.15) is 32.1 Å². The predicted octanol–water partition coefficient (Wildman–Crippen LogP) is 4.78. The molecular weight excluding hydrogens is 267 g/mol. The fourth-order valence-electron chi connectivity index (χ4n) is 3.07. The zero-order valence-corrected chi connectivity index (χ0v) is 11.8. The lowest BCUT2D eigenvalue weighted by molar-refractivity contribution is 0.444. The SMILES string of the molecule is Clc1cc2c(cc1Cl)NC1CCCCCC1CN2. The van der Waals surface area contributed by atoms with Crippen LogP contribution in [0.25, 0.3) is 0 Å². The molecule has 2 nitrogen and oxygen atoms in total. The topological polar surface area (TPSA) is 24.1 Å². The molecule has 18 heavy (non-hydrogen) atoms. The minimum absolute atomic E-state index is 0.568. The Morgan fingerprint density at radius 1 is 0.944 bits per heavy atom. The van der Waals surface area contributed by atoms with Crippen LogP contribution >= 0.6 is 23.2 Å². The molecule has 0 amide bonds. The molecule has 2 atom stereocenters. The summed E-state index contributed by atoms with van der Waals surface area (Å²) in [6.45, 7) is 1.03. The lowest BCUT2D eigenvalue weighted by atomic mass is 9.95. The van der Waals surface area contributed by atoms with Crippen LogP contribution in [0.5, 0.6) is 0 Å². The summed E-state index contributed by atoms with van der Waals surface area (Å²) in [6.07, 6.45) is 6.60. The maximum absolute atomic E-state index is 6.11. The Kier molecular flexibility index (Phi) is 3.58. The van der Waals surface area contributed by atoms with E-state index in [1.807, 2.05) is 12.1 Å². The van der Waals surface area contributed by atoms with E-state index in [9.17, 15) is 0 Å². The minimum Gasteiger partial charge on any atom is -0.383 e. The summed E-state index contributed by atoms with van der Waals surface area (Å²) in [5.74, 6) is 0.706. The van der Waals surface area contributed by atoms with Crippen LogP contribution in [0.3, 0.4) is 0 Å². The molecule has 1 aromatic carbocycles. The van der Waals surface area contributed by atoms with Gasteiger partial charge in [0.1, 0.15) is 0 Å². The van der Waals surface area contributed by atoms with Crippen molar-refractivity contribution in [1.82, 2.24) is 0 Å². The van der Waals surface area contributed by atoms with Gasteiger partial charge in [0.15, 0.2) is 0 Å². The molecule has 1 aliphatic carbocycles. The Bertz CT molecular complexity index is 448. The van der Waals surface area contributed by atoms with E-state index in [0.717, 1.165) is 17.9 Å². The third-order valence-corrected chi connectivity index (χ3v) is 4.84. The van der Waals surface area contributed by atoms with Crippen molar-refractivity contribution in [3.05, 3.63) is 22.2 Å². The van der Waals surface area contributed by atoms with Crippen molar-refractivity contribution in [2.45, 2.75) is 38.1 Å². The van der Waals surface area contributed by atoms with Gasteiger partial charge < -0.3 is 10.6 Å². The van der Waals surface area contributed by atoms with Gasteiger partial charge in [-0.15, -0.1) is 0 Å². The normalized spacial score (nSPS) is 27.0. The van der Waals surface area contributed by atoms with E-state index < -0.39 is 0 Å². The van der Waals surface area contributed by atoms with Crippen LogP contribution in [-0.2, 0) is 0 Å². The van der Waals surface area contributed by atoms with Gasteiger partial charge >= 0.3 is 0 Å². The number of anilines is 2. The van der Waals surface area contributed by atoms with E-state index in [2.05, 4.69) is 10.6 Å². The predicted molar refractivity (Wildman–Crippen MR) is 78.9 cm³/mol. The highest BCUT2D eigenvalue weighted by Crippen LogP contribution is 2.37. The maximum Gasteiger partial charge on any atom is 0.0614 e. The van der Waals surface area contributed by atoms with Gasteiger partial charge in [-0.1, -0.05) is 42.5 Å². The molecule has 2 aliphatic rings. The summed E-state index contributed by atoms with van der Waals surface area (Å²) >= 11 is 12.2. The van der Waals surface area contributed by atoms with Crippen molar-refractivity contribution in [2.75, 3.05) is 17.2 Å². The second-order valence-electron chi connectivity index (χ2n) is 5.34. The van der Waals surface area contributed by atoms with Crippen molar-refractivity contribution in [3.63, 3.8) is 0 Å². The first kappa shape index (κ1) is 12.4. The Morgan fingerprint density at radius 2 is 1.67 bits per heavy atom. The Labute approximate surface area is 118 Å². The molecule has 0 aromatic heterocycles. The van der Waals surface area contributed by atoms with E-state index in [0.29, 0.717) is 22.0 Å². The maximum atomic E-state index is 6.11.